The van der Waals surface area contributed by atoms with E-state index in [9.17, 15) is 19.2 Å². The summed E-state index contributed by atoms with van der Waals surface area (Å²) in [4.78, 5) is 55.2. The fraction of sp³-hybridized carbons (Fsp3) is 0.586. The van der Waals surface area contributed by atoms with Crippen LogP contribution < -0.4 is 21.7 Å². The maximum atomic E-state index is 13.1. The third-order valence-electron chi connectivity index (χ3n) is 6.99. The molecule has 244 valence electrons. The molecule has 4 amide bonds. The second-order valence-electron chi connectivity index (χ2n) is 10.9. The van der Waals surface area contributed by atoms with E-state index in [4.69, 9.17) is 20.6 Å². The van der Waals surface area contributed by atoms with E-state index >= 15 is 0 Å². The molecule has 1 unspecified atom stereocenters. The summed E-state index contributed by atoms with van der Waals surface area (Å²) >= 11 is 0. The molecule has 0 aliphatic heterocycles. The van der Waals surface area contributed by atoms with Crippen LogP contribution in [-0.2, 0) is 25.5 Å². The number of ether oxygens (including phenoxy) is 2. The molecule has 1 saturated carbocycles. The maximum Gasteiger partial charge on any atom is 0.413 e. The fourth-order valence-electron chi connectivity index (χ4n) is 4.46. The second kappa shape index (κ2) is 19.7. The molecular weight excluding hydrogens is 606 g/mol. The molecule has 1 aliphatic carbocycles. The summed E-state index contributed by atoms with van der Waals surface area (Å²) in [5, 5.41) is 14.9. The highest BCUT2D eigenvalue weighted by Gasteiger charge is 2.31. The molecule has 13 nitrogen and oxygen atoms in total. The van der Waals surface area contributed by atoms with Gasteiger partial charge in [-0.2, -0.15) is 4.99 Å². The highest BCUT2D eigenvalue weighted by Crippen LogP contribution is 2.33. The molecule has 0 radical (unpaired) electrons. The Morgan fingerprint density at radius 3 is 2.09 bits per heavy atom. The number of nitrogens with two attached hydrogens (primary N) is 1. The second-order valence-corrected chi connectivity index (χ2v) is 13.6. The molecule has 6 N–H and O–H groups in total. The standard InChI is InChI=1S/C29H45N7O6S2/c1-19(2)21-10-12-22(13-11-21)24(37)32-23(18-20-8-6-5-7-9-20)25(38)33-28(39)41-14-16-43-44-17-15-42-29(40)35-26(30)34-27(31)36(3)4/h5-9,19,21-23H,10-18H2,1-4H3,(H,32,37)(H,33,38,39)(H4,30,31,34,35,40). The monoisotopic (exact) mass is 651 g/mol. The van der Waals surface area contributed by atoms with Gasteiger partial charge in [0.15, 0.2) is 0 Å². The van der Waals surface area contributed by atoms with Gasteiger partial charge < -0.3 is 25.4 Å². The zero-order valence-corrected chi connectivity index (χ0v) is 27.4. The van der Waals surface area contributed by atoms with Crippen LogP contribution in [-0.4, -0.2) is 85.7 Å². The lowest BCUT2D eigenvalue weighted by Gasteiger charge is -2.31. The summed E-state index contributed by atoms with van der Waals surface area (Å²) in [7, 11) is 6.04. The number of rotatable bonds is 13. The zero-order chi connectivity index (χ0) is 32.5. The predicted molar refractivity (Wildman–Crippen MR) is 174 cm³/mol. The van der Waals surface area contributed by atoms with E-state index in [1.54, 1.807) is 14.1 Å². The van der Waals surface area contributed by atoms with E-state index in [1.165, 1.54) is 26.5 Å². The van der Waals surface area contributed by atoms with Crippen LogP contribution in [0.3, 0.4) is 0 Å². The number of hydrogen-bond donors (Lipinski definition) is 5. The van der Waals surface area contributed by atoms with Crippen molar-refractivity contribution < 1.29 is 28.7 Å². The normalized spacial score (nSPS) is 17.2. The van der Waals surface area contributed by atoms with Crippen LogP contribution in [0.15, 0.2) is 35.3 Å². The summed E-state index contributed by atoms with van der Waals surface area (Å²) in [6, 6.07) is 8.41. The maximum absolute atomic E-state index is 13.1. The lowest BCUT2D eigenvalue weighted by atomic mass is 9.76. The molecule has 1 aliphatic rings. The Hall–Kier alpha value is -3.46. The van der Waals surface area contributed by atoms with E-state index < -0.39 is 24.1 Å². The number of imide groups is 1. The molecule has 1 aromatic carbocycles. The van der Waals surface area contributed by atoms with E-state index in [0.29, 0.717) is 23.3 Å². The van der Waals surface area contributed by atoms with Gasteiger partial charge in [-0.05, 0) is 43.1 Å². The number of carbonyl (C=O) groups is 4. The Labute approximate surface area is 267 Å². The number of hydrogen-bond acceptors (Lipinski definition) is 9. The topological polar surface area (TPSA) is 188 Å². The van der Waals surface area contributed by atoms with Crippen molar-refractivity contribution in [2.75, 3.05) is 38.8 Å². The summed E-state index contributed by atoms with van der Waals surface area (Å²) < 4.78 is 10.1. The molecule has 0 spiro atoms. The number of nitrogens with one attached hydrogen (secondary N) is 4. The molecule has 0 heterocycles. The van der Waals surface area contributed by atoms with Crippen LogP contribution in [0.4, 0.5) is 9.59 Å². The van der Waals surface area contributed by atoms with Gasteiger partial charge in [0.2, 0.25) is 17.8 Å². The van der Waals surface area contributed by atoms with Crippen LogP contribution in [0.2, 0.25) is 0 Å². The van der Waals surface area contributed by atoms with Gasteiger partial charge in [0.05, 0.1) is 0 Å². The van der Waals surface area contributed by atoms with Crippen molar-refractivity contribution in [3.05, 3.63) is 35.9 Å². The average Bonchev–Trinajstić information content (AvgIpc) is 2.98. The minimum Gasteiger partial charge on any atom is -0.448 e. The molecule has 0 saturated heterocycles. The van der Waals surface area contributed by atoms with Crippen molar-refractivity contribution in [2.45, 2.75) is 52.0 Å². The first kappa shape index (κ1) is 36.7. The minimum atomic E-state index is -0.913. The average molecular weight is 652 g/mol. The van der Waals surface area contributed by atoms with Gasteiger partial charge in [-0.25, -0.2) is 9.59 Å². The Bertz CT molecular complexity index is 1130. The largest absolute Gasteiger partial charge is 0.448 e. The minimum absolute atomic E-state index is 0.0533. The van der Waals surface area contributed by atoms with E-state index in [2.05, 4.69) is 34.8 Å². The van der Waals surface area contributed by atoms with Gasteiger partial charge in [0.25, 0.3) is 5.91 Å². The highest BCUT2D eigenvalue weighted by molar-refractivity contribution is 8.76. The molecule has 1 aromatic rings. The Morgan fingerprint density at radius 2 is 1.55 bits per heavy atom. The zero-order valence-electron chi connectivity index (χ0n) is 25.8. The number of amides is 4. The summed E-state index contributed by atoms with van der Waals surface area (Å²) in [5.74, 6) is 0.811. The summed E-state index contributed by atoms with van der Waals surface area (Å²) in [6.07, 6.45) is 2.14. The van der Waals surface area contributed by atoms with Crippen molar-refractivity contribution in [2.24, 2.45) is 28.5 Å². The third kappa shape index (κ3) is 14.3. The first-order chi connectivity index (χ1) is 21.0. The number of aliphatic imine (C=N–C) groups is 1. The Morgan fingerprint density at radius 1 is 0.977 bits per heavy atom. The summed E-state index contributed by atoms with van der Waals surface area (Å²) in [6.45, 7) is 4.57. The molecule has 0 bridgehead atoms. The molecular formula is C29H45N7O6S2. The van der Waals surface area contributed by atoms with E-state index in [1.807, 2.05) is 30.3 Å². The summed E-state index contributed by atoms with van der Waals surface area (Å²) in [5.41, 5.74) is 6.41. The van der Waals surface area contributed by atoms with Crippen molar-refractivity contribution in [3.8, 4) is 0 Å². The van der Waals surface area contributed by atoms with Crippen molar-refractivity contribution in [1.29, 1.82) is 5.41 Å². The number of alkyl carbamates (subject to hydrolysis) is 2. The molecule has 1 fully saturated rings. The highest BCUT2D eigenvalue weighted by atomic mass is 33.1. The van der Waals surface area contributed by atoms with Gasteiger partial charge >= 0.3 is 12.2 Å². The third-order valence-corrected chi connectivity index (χ3v) is 9.32. The van der Waals surface area contributed by atoms with Crippen LogP contribution in [0.5, 0.6) is 0 Å². The van der Waals surface area contributed by atoms with Gasteiger partial charge in [-0.1, -0.05) is 65.8 Å². The number of guanidine groups is 2. The molecule has 44 heavy (non-hydrogen) atoms. The molecule has 15 heteroatoms. The van der Waals surface area contributed by atoms with Crippen LogP contribution >= 0.6 is 21.6 Å². The molecule has 0 aromatic heterocycles. The van der Waals surface area contributed by atoms with Gasteiger partial charge in [0, 0.05) is 37.9 Å². The number of nitrogens with zero attached hydrogens (tertiary/aromatic N) is 2. The van der Waals surface area contributed by atoms with Crippen LogP contribution in [0, 0.1) is 23.2 Å². The number of benzene rings is 1. The lowest BCUT2D eigenvalue weighted by Crippen LogP contribution is -2.51. The molecule has 1 atom stereocenters. The lowest BCUT2D eigenvalue weighted by molar-refractivity contribution is -0.131. The van der Waals surface area contributed by atoms with Crippen LogP contribution in [0.25, 0.3) is 0 Å². The van der Waals surface area contributed by atoms with Crippen molar-refractivity contribution in [3.63, 3.8) is 0 Å². The quantitative estimate of drug-likeness (QED) is 0.0916. The Kier molecular flexibility index (Phi) is 16.5. The van der Waals surface area contributed by atoms with Crippen LogP contribution in [0.1, 0.15) is 45.1 Å². The predicted octanol–water partition coefficient (Wildman–Crippen LogP) is 3.35. The first-order valence-electron chi connectivity index (χ1n) is 14.6. The van der Waals surface area contributed by atoms with Crippen molar-refractivity contribution >= 4 is 57.5 Å². The van der Waals surface area contributed by atoms with E-state index in [-0.39, 0.29) is 43.4 Å². The molecule has 2 rings (SSSR count). The number of carbonyl (C=O) groups excluding carboxylic acids is 4. The fourth-order valence-corrected chi connectivity index (χ4v) is 6.11. The first-order valence-corrected chi connectivity index (χ1v) is 17.0. The van der Waals surface area contributed by atoms with Gasteiger partial charge in [-0.15, -0.1) is 0 Å². The van der Waals surface area contributed by atoms with Gasteiger partial charge in [-0.3, -0.25) is 25.6 Å². The SMILES string of the molecule is CC(C)C1CCC(C(=O)NC(Cc2ccccc2)C(=O)NC(=O)OCCSSCCOC(=O)NC(N)=NC(=N)N(C)C)CC1. The smallest absolute Gasteiger partial charge is 0.413 e. The van der Waals surface area contributed by atoms with Gasteiger partial charge in [0.1, 0.15) is 19.3 Å². The van der Waals surface area contributed by atoms with Crippen molar-refractivity contribution in [1.82, 2.24) is 20.9 Å². The Balaban J connectivity index is 1.70. The van der Waals surface area contributed by atoms with E-state index in [0.717, 1.165) is 31.2 Å².